The molecule has 3 heteroatoms. The number of likely N-dealkylation sites (N-methyl/N-ethyl adjacent to an activating group) is 1. The molecule has 0 aliphatic carbocycles. The van der Waals surface area contributed by atoms with Crippen LogP contribution >= 0.6 is 0 Å². The van der Waals surface area contributed by atoms with Crippen molar-refractivity contribution in [2.75, 3.05) is 33.4 Å². The molecule has 1 N–H and O–H groups in total. The second-order valence-electron chi connectivity index (χ2n) is 4.84. The van der Waals surface area contributed by atoms with Crippen molar-refractivity contribution in [3.8, 4) is 0 Å². The fourth-order valence-electron chi connectivity index (χ4n) is 2.58. The van der Waals surface area contributed by atoms with Crippen molar-refractivity contribution in [3.63, 3.8) is 0 Å². The van der Waals surface area contributed by atoms with Gasteiger partial charge in [0.2, 0.25) is 0 Å². The summed E-state index contributed by atoms with van der Waals surface area (Å²) < 4.78 is 5.43. The van der Waals surface area contributed by atoms with Crippen molar-refractivity contribution in [3.05, 3.63) is 0 Å². The summed E-state index contributed by atoms with van der Waals surface area (Å²) in [6.07, 6.45) is 2.54. The molecule has 0 radical (unpaired) electrons. The van der Waals surface area contributed by atoms with Gasteiger partial charge in [-0.05, 0) is 32.4 Å². The summed E-state index contributed by atoms with van der Waals surface area (Å²) in [5, 5.41) is 3.51. The van der Waals surface area contributed by atoms with Gasteiger partial charge in [-0.3, -0.25) is 4.90 Å². The molecule has 82 valence electrons. The highest BCUT2D eigenvalue weighted by Crippen LogP contribution is 2.19. The van der Waals surface area contributed by atoms with Gasteiger partial charge in [0.1, 0.15) is 0 Å². The zero-order chi connectivity index (χ0) is 9.97. The van der Waals surface area contributed by atoms with Gasteiger partial charge in [0.05, 0.1) is 6.61 Å². The van der Waals surface area contributed by atoms with E-state index in [9.17, 15) is 0 Å². The van der Waals surface area contributed by atoms with E-state index < -0.39 is 0 Å². The first-order chi connectivity index (χ1) is 6.77. The molecule has 2 aliphatic rings. The summed E-state index contributed by atoms with van der Waals surface area (Å²) >= 11 is 0. The van der Waals surface area contributed by atoms with Gasteiger partial charge in [0, 0.05) is 25.2 Å². The Labute approximate surface area is 86.8 Å². The summed E-state index contributed by atoms with van der Waals surface area (Å²) in [7, 11) is 2.25. The van der Waals surface area contributed by atoms with E-state index in [0.717, 1.165) is 25.7 Å². The van der Waals surface area contributed by atoms with E-state index in [1.165, 1.54) is 19.4 Å². The van der Waals surface area contributed by atoms with Crippen LogP contribution < -0.4 is 5.32 Å². The highest BCUT2D eigenvalue weighted by molar-refractivity contribution is 4.85. The standard InChI is InChI=1S/C11H22N2O/c1-9-5-11(7-12-6-9)13(2)10-3-4-14-8-10/h9-12H,3-8H2,1-2H3. The van der Waals surface area contributed by atoms with Crippen molar-refractivity contribution < 1.29 is 4.74 Å². The van der Waals surface area contributed by atoms with Crippen LogP contribution in [0.5, 0.6) is 0 Å². The Kier molecular flexibility index (Phi) is 3.42. The van der Waals surface area contributed by atoms with Crippen molar-refractivity contribution >= 4 is 0 Å². The molecule has 0 aromatic rings. The average molecular weight is 198 g/mol. The number of rotatable bonds is 2. The third kappa shape index (κ3) is 2.27. The maximum Gasteiger partial charge on any atom is 0.0622 e. The van der Waals surface area contributed by atoms with Crippen molar-refractivity contribution in [1.29, 1.82) is 0 Å². The molecule has 2 aliphatic heterocycles. The number of nitrogens with one attached hydrogen (secondary N) is 1. The fourth-order valence-corrected chi connectivity index (χ4v) is 2.58. The maximum atomic E-state index is 5.43. The molecule has 2 fully saturated rings. The first-order valence-corrected chi connectivity index (χ1v) is 5.77. The van der Waals surface area contributed by atoms with Gasteiger partial charge in [-0.1, -0.05) is 6.92 Å². The van der Waals surface area contributed by atoms with Gasteiger partial charge in [0.15, 0.2) is 0 Å². The predicted molar refractivity (Wildman–Crippen MR) is 57.4 cm³/mol. The van der Waals surface area contributed by atoms with Crippen LogP contribution in [0.2, 0.25) is 0 Å². The summed E-state index contributed by atoms with van der Waals surface area (Å²) in [5.41, 5.74) is 0. The van der Waals surface area contributed by atoms with E-state index in [1.54, 1.807) is 0 Å². The molecule has 0 amide bonds. The molecular weight excluding hydrogens is 176 g/mol. The molecule has 0 aromatic carbocycles. The largest absolute Gasteiger partial charge is 0.380 e. The summed E-state index contributed by atoms with van der Waals surface area (Å²) in [6.45, 7) is 6.55. The van der Waals surface area contributed by atoms with Gasteiger partial charge in [0.25, 0.3) is 0 Å². The molecule has 0 aromatic heterocycles. The highest BCUT2D eigenvalue weighted by atomic mass is 16.5. The topological polar surface area (TPSA) is 24.5 Å². The van der Waals surface area contributed by atoms with E-state index in [0.29, 0.717) is 12.1 Å². The maximum absolute atomic E-state index is 5.43. The molecule has 2 saturated heterocycles. The molecule has 3 unspecified atom stereocenters. The zero-order valence-corrected chi connectivity index (χ0v) is 9.33. The van der Waals surface area contributed by atoms with Gasteiger partial charge in [-0.15, -0.1) is 0 Å². The Morgan fingerprint density at radius 1 is 1.29 bits per heavy atom. The second-order valence-corrected chi connectivity index (χ2v) is 4.84. The van der Waals surface area contributed by atoms with Gasteiger partial charge in [-0.25, -0.2) is 0 Å². The molecule has 2 heterocycles. The number of ether oxygens (including phenoxy) is 1. The minimum Gasteiger partial charge on any atom is -0.380 e. The Balaban J connectivity index is 1.86. The normalized spacial score (nSPS) is 39.2. The van der Waals surface area contributed by atoms with Crippen molar-refractivity contribution in [2.24, 2.45) is 5.92 Å². The Morgan fingerprint density at radius 3 is 2.79 bits per heavy atom. The Bertz CT molecular complexity index is 180. The molecule has 0 spiro atoms. The fraction of sp³-hybridized carbons (Fsp3) is 1.00. The van der Waals surface area contributed by atoms with Crippen molar-refractivity contribution in [1.82, 2.24) is 10.2 Å². The SMILES string of the molecule is CC1CNCC(N(C)C2CCOC2)C1. The molecule has 2 rings (SSSR count). The predicted octanol–water partition coefficient (Wildman–Crippen LogP) is 0.705. The van der Waals surface area contributed by atoms with Crippen LogP contribution in [0.15, 0.2) is 0 Å². The number of piperidine rings is 1. The van der Waals surface area contributed by atoms with Crippen LogP contribution in [0.3, 0.4) is 0 Å². The highest BCUT2D eigenvalue weighted by Gasteiger charge is 2.28. The van der Waals surface area contributed by atoms with Crippen molar-refractivity contribution in [2.45, 2.75) is 31.8 Å². The summed E-state index contributed by atoms with van der Waals surface area (Å²) in [5.74, 6) is 0.818. The Morgan fingerprint density at radius 2 is 2.14 bits per heavy atom. The van der Waals surface area contributed by atoms with E-state index >= 15 is 0 Å². The van der Waals surface area contributed by atoms with Gasteiger partial charge in [-0.2, -0.15) is 0 Å². The molecule has 0 saturated carbocycles. The molecule has 3 atom stereocenters. The quantitative estimate of drug-likeness (QED) is 0.707. The number of hydrogen-bond donors (Lipinski definition) is 1. The number of hydrogen-bond acceptors (Lipinski definition) is 3. The third-order valence-electron chi connectivity index (χ3n) is 3.60. The lowest BCUT2D eigenvalue weighted by molar-refractivity contribution is 0.108. The molecule has 3 nitrogen and oxygen atoms in total. The van der Waals surface area contributed by atoms with E-state index in [4.69, 9.17) is 4.74 Å². The Hall–Kier alpha value is -0.120. The monoisotopic (exact) mass is 198 g/mol. The van der Waals surface area contributed by atoms with Crippen LogP contribution in [0, 0.1) is 5.92 Å². The van der Waals surface area contributed by atoms with Gasteiger partial charge < -0.3 is 10.1 Å². The van der Waals surface area contributed by atoms with Crippen LogP contribution in [0.1, 0.15) is 19.8 Å². The van der Waals surface area contributed by atoms with Crippen LogP contribution in [-0.4, -0.2) is 50.3 Å². The van der Waals surface area contributed by atoms with Crippen LogP contribution in [0.25, 0.3) is 0 Å². The van der Waals surface area contributed by atoms with Crippen LogP contribution in [-0.2, 0) is 4.74 Å². The summed E-state index contributed by atoms with van der Waals surface area (Å²) in [4.78, 5) is 2.52. The zero-order valence-electron chi connectivity index (χ0n) is 9.33. The molecule has 0 bridgehead atoms. The lowest BCUT2D eigenvalue weighted by atomic mass is 9.96. The smallest absolute Gasteiger partial charge is 0.0622 e. The van der Waals surface area contributed by atoms with E-state index in [-0.39, 0.29) is 0 Å². The molecule has 14 heavy (non-hydrogen) atoms. The van der Waals surface area contributed by atoms with Crippen LogP contribution in [0.4, 0.5) is 0 Å². The molecular formula is C11H22N2O. The average Bonchev–Trinajstić information content (AvgIpc) is 2.69. The van der Waals surface area contributed by atoms with Gasteiger partial charge >= 0.3 is 0 Å². The third-order valence-corrected chi connectivity index (χ3v) is 3.60. The second kappa shape index (κ2) is 4.60. The summed E-state index contributed by atoms with van der Waals surface area (Å²) in [6, 6.07) is 1.37. The lowest BCUT2D eigenvalue weighted by Crippen LogP contribution is -2.50. The first-order valence-electron chi connectivity index (χ1n) is 5.77. The minimum absolute atomic E-state index is 0.659. The lowest BCUT2D eigenvalue weighted by Gasteiger charge is -2.37. The van der Waals surface area contributed by atoms with E-state index in [1.807, 2.05) is 0 Å². The van der Waals surface area contributed by atoms with E-state index in [2.05, 4.69) is 24.2 Å². The minimum atomic E-state index is 0.659. The first kappa shape index (κ1) is 10.4. The number of nitrogens with zero attached hydrogens (tertiary/aromatic N) is 1.